The van der Waals surface area contributed by atoms with Gasteiger partial charge in [0.1, 0.15) is 6.61 Å². The fourth-order valence-corrected chi connectivity index (χ4v) is 1.21. The maximum absolute atomic E-state index is 13.3. The number of carboxylic acid groups (broad SMARTS) is 1. The smallest absolute Gasteiger partial charge is 0.328 e. The zero-order valence-electron chi connectivity index (χ0n) is 8.54. The monoisotopic (exact) mass is 244 g/mol. The van der Waals surface area contributed by atoms with Crippen molar-refractivity contribution < 1.29 is 19.0 Å². The lowest BCUT2D eigenvalue weighted by molar-refractivity contribution is -0.131. The second kappa shape index (κ2) is 5.51. The third kappa shape index (κ3) is 3.55. The third-order valence-corrected chi connectivity index (χ3v) is 2.03. The van der Waals surface area contributed by atoms with Crippen molar-refractivity contribution in [2.45, 2.75) is 6.92 Å². The van der Waals surface area contributed by atoms with Gasteiger partial charge in [-0.15, -0.1) is 0 Å². The zero-order valence-corrected chi connectivity index (χ0v) is 9.29. The number of carbonyl (C=O) groups is 1. The van der Waals surface area contributed by atoms with Gasteiger partial charge in [-0.25, -0.2) is 9.18 Å². The minimum Gasteiger partial charge on any atom is -0.486 e. The first kappa shape index (κ1) is 12.5. The normalized spacial score (nSPS) is 11.3. The van der Waals surface area contributed by atoms with E-state index in [1.54, 1.807) is 13.0 Å². The lowest BCUT2D eigenvalue weighted by Crippen LogP contribution is -2.02. The molecule has 0 aromatic heterocycles. The third-order valence-electron chi connectivity index (χ3n) is 1.74. The molecule has 0 heterocycles. The summed E-state index contributed by atoms with van der Waals surface area (Å²) in [5.74, 6) is -1.70. The molecule has 5 heteroatoms. The molecule has 0 aliphatic rings. The predicted molar refractivity (Wildman–Crippen MR) is 58.3 cm³/mol. The van der Waals surface area contributed by atoms with E-state index in [4.69, 9.17) is 21.4 Å². The average molecular weight is 245 g/mol. The molecule has 1 N–H and O–H groups in total. The lowest BCUT2D eigenvalue weighted by atomic mass is 10.3. The number of rotatable bonds is 4. The zero-order chi connectivity index (χ0) is 12.1. The molecule has 0 radical (unpaired) electrons. The number of carboxylic acids is 1. The second-order valence-corrected chi connectivity index (χ2v) is 3.58. The quantitative estimate of drug-likeness (QED) is 0.829. The molecule has 0 saturated heterocycles. The number of benzene rings is 1. The number of hydrogen-bond acceptors (Lipinski definition) is 2. The van der Waals surface area contributed by atoms with Gasteiger partial charge in [-0.1, -0.05) is 17.7 Å². The molecule has 0 fully saturated rings. The molecule has 0 unspecified atom stereocenters. The molecule has 0 spiro atoms. The van der Waals surface area contributed by atoms with Crippen LogP contribution >= 0.6 is 11.6 Å². The van der Waals surface area contributed by atoms with Gasteiger partial charge in [0, 0.05) is 6.08 Å². The van der Waals surface area contributed by atoms with Crippen molar-refractivity contribution in [2.24, 2.45) is 0 Å². The topological polar surface area (TPSA) is 46.5 Å². The molecule has 1 aromatic carbocycles. The highest BCUT2D eigenvalue weighted by atomic mass is 35.5. The molecule has 0 bridgehead atoms. The lowest BCUT2D eigenvalue weighted by Gasteiger charge is -2.07. The molecule has 3 nitrogen and oxygen atoms in total. The molecule has 16 heavy (non-hydrogen) atoms. The van der Waals surface area contributed by atoms with Gasteiger partial charge in [0.15, 0.2) is 11.6 Å². The highest BCUT2D eigenvalue weighted by Gasteiger charge is 2.07. The van der Waals surface area contributed by atoms with Gasteiger partial charge in [-0.05, 0) is 24.6 Å². The Morgan fingerprint density at radius 3 is 2.94 bits per heavy atom. The summed E-state index contributed by atoms with van der Waals surface area (Å²) in [6.07, 6.45) is 1.00. The van der Waals surface area contributed by atoms with Crippen molar-refractivity contribution >= 4 is 17.6 Å². The van der Waals surface area contributed by atoms with Gasteiger partial charge < -0.3 is 9.84 Å². The summed E-state index contributed by atoms with van der Waals surface area (Å²) in [4.78, 5) is 10.3. The molecule has 0 amide bonds. The summed E-state index contributed by atoms with van der Waals surface area (Å²) in [5.41, 5.74) is 0.479. The Morgan fingerprint density at radius 1 is 1.62 bits per heavy atom. The molecule has 86 valence electrons. The Morgan fingerprint density at radius 2 is 2.31 bits per heavy atom. The van der Waals surface area contributed by atoms with E-state index in [1.807, 2.05) is 0 Å². The largest absolute Gasteiger partial charge is 0.486 e. The number of hydrogen-bond donors (Lipinski definition) is 1. The van der Waals surface area contributed by atoms with Gasteiger partial charge in [0.25, 0.3) is 0 Å². The van der Waals surface area contributed by atoms with E-state index in [1.165, 1.54) is 12.1 Å². The van der Waals surface area contributed by atoms with Crippen LogP contribution in [0, 0.1) is 5.82 Å². The maximum atomic E-state index is 13.3. The van der Waals surface area contributed by atoms with Crippen LogP contribution in [-0.2, 0) is 4.79 Å². The molecule has 0 saturated carbocycles. The van der Waals surface area contributed by atoms with E-state index < -0.39 is 11.8 Å². The van der Waals surface area contributed by atoms with Crippen molar-refractivity contribution in [3.63, 3.8) is 0 Å². The van der Waals surface area contributed by atoms with E-state index >= 15 is 0 Å². The van der Waals surface area contributed by atoms with Crippen LogP contribution in [-0.4, -0.2) is 17.7 Å². The Labute approximate surface area is 97.1 Å². The van der Waals surface area contributed by atoms with Crippen molar-refractivity contribution in [1.82, 2.24) is 0 Å². The van der Waals surface area contributed by atoms with Gasteiger partial charge in [0.2, 0.25) is 0 Å². The van der Waals surface area contributed by atoms with Crippen LogP contribution in [0.5, 0.6) is 5.75 Å². The Bertz CT molecular complexity index is 429. The fourth-order valence-electron chi connectivity index (χ4n) is 1.04. The van der Waals surface area contributed by atoms with Crippen LogP contribution in [0.1, 0.15) is 6.92 Å². The van der Waals surface area contributed by atoms with E-state index in [9.17, 15) is 9.18 Å². The van der Waals surface area contributed by atoms with Crippen molar-refractivity contribution in [3.05, 3.63) is 40.7 Å². The Balaban J connectivity index is 2.68. The van der Waals surface area contributed by atoms with Crippen LogP contribution in [0.3, 0.4) is 0 Å². The molecule has 1 aromatic rings. The van der Waals surface area contributed by atoms with E-state index in [-0.39, 0.29) is 17.4 Å². The van der Waals surface area contributed by atoms with Gasteiger partial charge in [-0.3, -0.25) is 0 Å². The summed E-state index contributed by atoms with van der Waals surface area (Å²) in [5, 5.41) is 8.42. The standard InChI is InChI=1S/C11H10ClFO3/c1-7(5-10(14)15)6-16-9-4-2-3-8(12)11(9)13/h2-5H,6H2,1H3,(H,14,15)/b7-5-. The van der Waals surface area contributed by atoms with Crippen molar-refractivity contribution in [1.29, 1.82) is 0 Å². The molecule has 0 atom stereocenters. The minimum absolute atomic E-state index is 0.00353. The first-order valence-electron chi connectivity index (χ1n) is 4.47. The first-order valence-corrected chi connectivity index (χ1v) is 4.85. The Hall–Kier alpha value is -1.55. The SMILES string of the molecule is C/C(=C/C(=O)O)COc1cccc(Cl)c1F. The highest BCUT2D eigenvalue weighted by Crippen LogP contribution is 2.24. The summed E-state index contributed by atoms with van der Waals surface area (Å²) in [6.45, 7) is 1.58. The molecular weight excluding hydrogens is 235 g/mol. The summed E-state index contributed by atoms with van der Waals surface area (Å²) >= 11 is 5.55. The summed E-state index contributed by atoms with van der Waals surface area (Å²) in [6, 6.07) is 4.38. The van der Waals surface area contributed by atoms with Gasteiger partial charge in [0.05, 0.1) is 5.02 Å². The maximum Gasteiger partial charge on any atom is 0.328 e. The molecule has 0 aliphatic carbocycles. The second-order valence-electron chi connectivity index (χ2n) is 3.17. The van der Waals surface area contributed by atoms with Crippen LogP contribution in [0.25, 0.3) is 0 Å². The van der Waals surface area contributed by atoms with E-state index in [0.29, 0.717) is 5.57 Å². The Kier molecular flexibility index (Phi) is 4.31. The van der Waals surface area contributed by atoms with E-state index in [0.717, 1.165) is 6.08 Å². The van der Waals surface area contributed by atoms with Crippen LogP contribution < -0.4 is 4.74 Å². The number of halogens is 2. The summed E-state index contributed by atoms with van der Waals surface area (Å²) in [7, 11) is 0. The van der Waals surface area contributed by atoms with Crippen LogP contribution in [0.2, 0.25) is 5.02 Å². The molecule has 0 aliphatic heterocycles. The van der Waals surface area contributed by atoms with Gasteiger partial charge >= 0.3 is 5.97 Å². The van der Waals surface area contributed by atoms with Crippen LogP contribution in [0.4, 0.5) is 4.39 Å². The molecular formula is C11H10ClFO3. The minimum atomic E-state index is -1.06. The highest BCUT2D eigenvalue weighted by molar-refractivity contribution is 6.30. The van der Waals surface area contributed by atoms with Gasteiger partial charge in [-0.2, -0.15) is 0 Å². The van der Waals surface area contributed by atoms with Crippen molar-refractivity contribution in [3.8, 4) is 5.75 Å². The number of ether oxygens (including phenoxy) is 1. The fraction of sp³-hybridized carbons (Fsp3) is 0.182. The predicted octanol–water partition coefficient (Wildman–Crippen LogP) is 2.89. The number of aliphatic carboxylic acids is 1. The first-order chi connectivity index (χ1) is 7.50. The van der Waals surface area contributed by atoms with Crippen LogP contribution in [0.15, 0.2) is 29.8 Å². The molecule has 1 rings (SSSR count). The summed E-state index contributed by atoms with van der Waals surface area (Å²) < 4.78 is 18.4. The average Bonchev–Trinajstić information content (AvgIpc) is 2.19. The van der Waals surface area contributed by atoms with Crippen molar-refractivity contribution in [2.75, 3.05) is 6.61 Å². The van der Waals surface area contributed by atoms with E-state index in [2.05, 4.69) is 0 Å².